The quantitative estimate of drug-likeness (QED) is 0.439. The van der Waals surface area contributed by atoms with Gasteiger partial charge in [0.25, 0.3) is 0 Å². The zero-order chi connectivity index (χ0) is 17.0. The van der Waals surface area contributed by atoms with Crippen LogP contribution in [0.15, 0.2) is 24.3 Å². The molecule has 1 aromatic rings. The fourth-order valence-electron chi connectivity index (χ4n) is 2.30. The molecular formula is C15H21NO7. The molecule has 0 amide bonds. The molecule has 0 radical (unpaired) electrons. The monoisotopic (exact) mass is 327 g/mol. The largest absolute Gasteiger partial charge is 0.462 e. The summed E-state index contributed by atoms with van der Waals surface area (Å²) in [5.74, 6) is -0.438. The van der Waals surface area contributed by atoms with E-state index >= 15 is 0 Å². The third-order valence-electron chi connectivity index (χ3n) is 3.60. The second-order valence-electron chi connectivity index (χ2n) is 5.19. The normalized spacial score (nSPS) is 30.7. The molecule has 2 rings (SSSR count). The average Bonchev–Trinajstić information content (AvgIpc) is 2.56. The van der Waals surface area contributed by atoms with Crippen molar-refractivity contribution in [3.63, 3.8) is 0 Å². The number of nitrogens with one attached hydrogen (secondary N) is 1. The van der Waals surface area contributed by atoms with Gasteiger partial charge in [0.15, 0.2) is 6.23 Å². The highest BCUT2D eigenvalue weighted by atomic mass is 16.6. The van der Waals surface area contributed by atoms with Crippen LogP contribution in [0.3, 0.4) is 0 Å². The molecule has 1 aliphatic rings. The number of hydrogen-bond acceptors (Lipinski definition) is 8. The van der Waals surface area contributed by atoms with Crippen LogP contribution in [0, 0.1) is 0 Å². The van der Waals surface area contributed by atoms with E-state index in [0.29, 0.717) is 11.3 Å². The summed E-state index contributed by atoms with van der Waals surface area (Å²) in [6, 6.07) is 6.27. The number of esters is 1. The molecule has 0 unspecified atom stereocenters. The summed E-state index contributed by atoms with van der Waals surface area (Å²) in [6.45, 7) is 1.50. The van der Waals surface area contributed by atoms with Crippen LogP contribution >= 0.6 is 0 Å². The molecule has 0 spiro atoms. The molecule has 0 aromatic heterocycles. The molecule has 1 heterocycles. The number of benzene rings is 1. The second kappa shape index (κ2) is 7.71. The van der Waals surface area contributed by atoms with E-state index in [4.69, 9.17) is 14.6 Å². The number of aliphatic hydroxyl groups is 4. The molecule has 1 fully saturated rings. The van der Waals surface area contributed by atoms with E-state index in [0.717, 1.165) is 0 Å². The topological polar surface area (TPSA) is 128 Å². The molecule has 8 heteroatoms. The van der Waals surface area contributed by atoms with Gasteiger partial charge >= 0.3 is 5.97 Å². The predicted molar refractivity (Wildman–Crippen MR) is 79.8 cm³/mol. The van der Waals surface area contributed by atoms with Crippen molar-refractivity contribution in [2.75, 3.05) is 18.5 Å². The Hall–Kier alpha value is -1.71. The fourth-order valence-corrected chi connectivity index (χ4v) is 2.30. The van der Waals surface area contributed by atoms with Gasteiger partial charge in [-0.05, 0) is 31.2 Å². The summed E-state index contributed by atoms with van der Waals surface area (Å²) in [4.78, 5) is 11.6. The highest BCUT2D eigenvalue weighted by Crippen LogP contribution is 2.23. The lowest BCUT2D eigenvalue weighted by molar-refractivity contribution is -0.221. The first-order valence-corrected chi connectivity index (χ1v) is 7.32. The fraction of sp³-hybridized carbons (Fsp3) is 0.533. The number of rotatable bonds is 5. The van der Waals surface area contributed by atoms with E-state index in [1.165, 1.54) is 0 Å². The average molecular weight is 327 g/mol. The van der Waals surface area contributed by atoms with Crippen LogP contribution in [0.4, 0.5) is 5.69 Å². The van der Waals surface area contributed by atoms with Crippen molar-refractivity contribution in [3.8, 4) is 0 Å². The van der Waals surface area contributed by atoms with Gasteiger partial charge < -0.3 is 35.2 Å². The van der Waals surface area contributed by atoms with Crippen molar-refractivity contribution < 1.29 is 34.7 Å². The number of carbonyl (C=O) groups is 1. The molecule has 1 aliphatic heterocycles. The summed E-state index contributed by atoms with van der Waals surface area (Å²) < 4.78 is 10.2. The Balaban J connectivity index is 2.04. The maximum absolute atomic E-state index is 11.6. The number of carbonyl (C=O) groups excluding carboxylic acids is 1. The first kappa shape index (κ1) is 17.6. The van der Waals surface area contributed by atoms with Crippen molar-refractivity contribution in [1.29, 1.82) is 0 Å². The van der Waals surface area contributed by atoms with E-state index in [9.17, 15) is 20.1 Å². The molecular weight excluding hydrogens is 306 g/mol. The summed E-state index contributed by atoms with van der Waals surface area (Å²) in [5.41, 5.74) is 0.911. The lowest BCUT2D eigenvalue weighted by Crippen LogP contribution is -2.60. The van der Waals surface area contributed by atoms with Crippen molar-refractivity contribution in [2.45, 2.75) is 37.6 Å². The minimum absolute atomic E-state index is 0.281. The Morgan fingerprint density at radius 3 is 2.39 bits per heavy atom. The van der Waals surface area contributed by atoms with Crippen molar-refractivity contribution in [2.24, 2.45) is 0 Å². The van der Waals surface area contributed by atoms with Crippen LogP contribution in [0.25, 0.3) is 0 Å². The van der Waals surface area contributed by atoms with Crippen LogP contribution in [0.2, 0.25) is 0 Å². The Morgan fingerprint density at radius 2 is 1.83 bits per heavy atom. The van der Waals surface area contributed by atoms with Gasteiger partial charge in [-0.3, -0.25) is 0 Å². The lowest BCUT2D eigenvalue weighted by Gasteiger charge is -2.40. The smallest absolute Gasteiger partial charge is 0.338 e. The van der Waals surface area contributed by atoms with Gasteiger partial charge in [0, 0.05) is 5.69 Å². The SMILES string of the molecule is CCOC(=O)c1ccc(N[C@@H]2O[C@H](CO)[C@@H](O)[C@@H](O)[C@H]2O)cc1. The Labute approximate surface area is 133 Å². The van der Waals surface area contributed by atoms with E-state index in [-0.39, 0.29) is 6.61 Å². The molecule has 1 aromatic carbocycles. The summed E-state index contributed by atoms with van der Waals surface area (Å²) in [6.07, 6.45) is -6.22. The molecule has 0 bridgehead atoms. The van der Waals surface area contributed by atoms with Gasteiger partial charge in [-0.15, -0.1) is 0 Å². The van der Waals surface area contributed by atoms with Crippen LogP contribution in [0.1, 0.15) is 17.3 Å². The number of hydrogen-bond donors (Lipinski definition) is 5. The summed E-state index contributed by atoms with van der Waals surface area (Å²) in [7, 11) is 0. The zero-order valence-corrected chi connectivity index (χ0v) is 12.6. The van der Waals surface area contributed by atoms with Gasteiger partial charge in [0.05, 0.1) is 18.8 Å². The maximum Gasteiger partial charge on any atom is 0.338 e. The first-order valence-electron chi connectivity index (χ1n) is 7.32. The summed E-state index contributed by atoms with van der Waals surface area (Å²) >= 11 is 0. The molecule has 5 atom stereocenters. The van der Waals surface area contributed by atoms with Gasteiger partial charge in [-0.2, -0.15) is 0 Å². The highest BCUT2D eigenvalue weighted by molar-refractivity contribution is 5.89. The van der Waals surface area contributed by atoms with Crippen LogP contribution in [0.5, 0.6) is 0 Å². The molecule has 8 nitrogen and oxygen atoms in total. The third-order valence-corrected chi connectivity index (χ3v) is 3.60. The van der Waals surface area contributed by atoms with Gasteiger partial charge in [0.1, 0.15) is 24.4 Å². The van der Waals surface area contributed by atoms with E-state index in [1.807, 2.05) is 0 Å². The predicted octanol–water partition coefficient (Wildman–Crippen LogP) is -0.925. The Morgan fingerprint density at radius 1 is 1.17 bits per heavy atom. The van der Waals surface area contributed by atoms with Crippen molar-refractivity contribution in [1.82, 2.24) is 0 Å². The number of anilines is 1. The molecule has 5 N–H and O–H groups in total. The van der Waals surface area contributed by atoms with Crippen LogP contribution in [-0.2, 0) is 9.47 Å². The summed E-state index contributed by atoms with van der Waals surface area (Å²) in [5, 5.41) is 41.4. The number of ether oxygens (including phenoxy) is 2. The van der Waals surface area contributed by atoms with Gasteiger partial charge in [-0.1, -0.05) is 0 Å². The lowest BCUT2D eigenvalue weighted by atomic mass is 9.98. The van der Waals surface area contributed by atoms with E-state index < -0.39 is 43.2 Å². The second-order valence-corrected chi connectivity index (χ2v) is 5.19. The zero-order valence-electron chi connectivity index (χ0n) is 12.6. The molecule has 1 saturated heterocycles. The minimum Gasteiger partial charge on any atom is -0.462 e. The van der Waals surface area contributed by atoms with Crippen molar-refractivity contribution in [3.05, 3.63) is 29.8 Å². The standard InChI is InChI=1S/C15H21NO7/c1-2-22-15(21)8-3-5-9(6-4-8)16-14-13(20)12(19)11(18)10(7-17)23-14/h3-6,10-14,16-20H,2,7H2,1H3/t10-,11-,12-,13-,14-/m1/s1. The third kappa shape index (κ3) is 3.98. The van der Waals surface area contributed by atoms with E-state index in [2.05, 4.69) is 5.32 Å². The maximum atomic E-state index is 11.6. The van der Waals surface area contributed by atoms with Gasteiger partial charge in [0.2, 0.25) is 0 Å². The molecule has 128 valence electrons. The molecule has 23 heavy (non-hydrogen) atoms. The van der Waals surface area contributed by atoms with E-state index in [1.54, 1.807) is 31.2 Å². The Kier molecular flexibility index (Phi) is 5.91. The highest BCUT2D eigenvalue weighted by Gasteiger charge is 2.43. The first-order chi connectivity index (χ1) is 11.0. The minimum atomic E-state index is -1.45. The number of aliphatic hydroxyl groups excluding tert-OH is 4. The van der Waals surface area contributed by atoms with Crippen LogP contribution in [-0.4, -0.2) is 70.3 Å². The molecule has 0 aliphatic carbocycles. The van der Waals surface area contributed by atoms with Crippen molar-refractivity contribution >= 4 is 11.7 Å². The Bertz CT molecular complexity index is 519. The van der Waals surface area contributed by atoms with Crippen LogP contribution < -0.4 is 5.32 Å². The molecule has 0 saturated carbocycles. The van der Waals surface area contributed by atoms with Gasteiger partial charge in [-0.25, -0.2) is 4.79 Å².